The second-order valence-electron chi connectivity index (χ2n) is 3.47. The molecule has 96 valence electrons. The van der Waals surface area contributed by atoms with E-state index in [9.17, 15) is 20.1 Å². The highest BCUT2D eigenvalue weighted by Crippen LogP contribution is 2.09. The third-order valence-electron chi connectivity index (χ3n) is 2.22. The van der Waals surface area contributed by atoms with Crippen LogP contribution in [0.25, 0.3) is 0 Å². The van der Waals surface area contributed by atoms with Gasteiger partial charge in [-0.15, -0.1) is 0 Å². The lowest BCUT2D eigenvalue weighted by Crippen LogP contribution is -2.46. The molecule has 0 saturated carbocycles. The molecule has 0 heterocycles. The van der Waals surface area contributed by atoms with Crippen molar-refractivity contribution in [3.05, 3.63) is 0 Å². The first kappa shape index (κ1) is 15.1. The molecule has 0 radical (unpaired) electrons. The van der Waals surface area contributed by atoms with E-state index in [1.54, 1.807) is 0 Å². The van der Waals surface area contributed by atoms with Crippen molar-refractivity contribution in [2.24, 2.45) is 5.73 Å². The van der Waals surface area contributed by atoms with Crippen molar-refractivity contribution in [1.29, 1.82) is 0 Å². The number of aliphatic hydroxyl groups is 5. The summed E-state index contributed by atoms with van der Waals surface area (Å²) < 4.78 is 0. The summed E-state index contributed by atoms with van der Waals surface area (Å²) in [5, 5.41) is 45.5. The Morgan fingerprint density at radius 2 is 1.75 bits per heavy atom. The van der Waals surface area contributed by atoms with E-state index in [-0.39, 0.29) is 0 Å². The van der Waals surface area contributed by atoms with Crippen LogP contribution in [0, 0.1) is 0 Å². The van der Waals surface area contributed by atoms with Crippen LogP contribution in [0.3, 0.4) is 0 Å². The van der Waals surface area contributed by atoms with Gasteiger partial charge in [0, 0.05) is 13.5 Å². The predicted octanol–water partition coefficient (Wildman–Crippen LogP) is -3.22. The summed E-state index contributed by atoms with van der Waals surface area (Å²) in [6.07, 6.45) is -6.38. The van der Waals surface area contributed by atoms with E-state index in [4.69, 9.17) is 15.9 Å². The number of nitrogens with zero attached hydrogens (tertiary/aromatic N) is 1. The van der Waals surface area contributed by atoms with Gasteiger partial charge in [0.1, 0.15) is 18.4 Å². The number of hydrogen-bond donors (Lipinski definition) is 6. The van der Waals surface area contributed by atoms with Crippen LogP contribution in [-0.2, 0) is 0 Å². The third kappa shape index (κ3) is 4.29. The fourth-order valence-corrected chi connectivity index (χ4v) is 1.02. The second kappa shape index (κ2) is 6.61. The minimum absolute atomic E-state index is 0.391. The highest BCUT2D eigenvalue weighted by atomic mass is 16.4. The molecule has 0 saturated heterocycles. The molecule has 0 aromatic carbocycles. The molecule has 4 unspecified atom stereocenters. The van der Waals surface area contributed by atoms with Crippen molar-refractivity contribution >= 4 is 6.03 Å². The summed E-state index contributed by atoms with van der Waals surface area (Å²) >= 11 is 0. The molecule has 0 bridgehead atoms. The zero-order valence-corrected chi connectivity index (χ0v) is 8.89. The predicted molar refractivity (Wildman–Crippen MR) is 53.1 cm³/mol. The topological polar surface area (TPSA) is 147 Å². The summed E-state index contributed by atoms with van der Waals surface area (Å²) in [4.78, 5) is 11.4. The van der Waals surface area contributed by atoms with Crippen LogP contribution in [0.4, 0.5) is 4.79 Å². The average molecular weight is 238 g/mol. The number of urea groups is 1. The maximum Gasteiger partial charge on any atom is 0.316 e. The summed E-state index contributed by atoms with van der Waals surface area (Å²) in [6.45, 7) is -0.722. The number of primary amides is 1. The Morgan fingerprint density at radius 1 is 1.25 bits per heavy atom. The Hall–Kier alpha value is -0.930. The molecule has 8 nitrogen and oxygen atoms in total. The monoisotopic (exact) mass is 238 g/mol. The SMILES string of the molecule is CN(C(N)=O)C(O)CC(O)C(O)C(O)CO. The minimum atomic E-state index is -1.61. The van der Waals surface area contributed by atoms with Crippen LogP contribution in [0.15, 0.2) is 0 Å². The van der Waals surface area contributed by atoms with E-state index >= 15 is 0 Å². The highest BCUT2D eigenvalue weighted by Gasteiger charge is 2.28. The third-order valence-corrected chi connectivity index (χ3v) is 2.22. The quantitative estimate of drug-likeness (QED) is 0.268. The minimum Gasteiger partial charge on any atom is -0.394 e. The molecule has 0 aromatic heterocycles. The van der Waals surface area contributed by atoms with E-state index in [1.165, 1.54) is 7.05 Å². The van der Waals surface area contributed by atoms with Crippen LogP contribution in [-0.4, -0.2) is 74.7 Å². The fourth-order valence-electron chi connectivity index (χ4n) is 1.02. The number of aliphatic hydroxyl groups excluding tert-OH is 5. The van der Waals surface area contributed by atoms with Crippen molar-refractivity contribution in [3.63, 3.8) is 0 Å². The van der Waals surface area contributed by atoms with Gasteiger partial charge in [-0.3, -0.25) is 0 Å². The van der Waals surface area contributed by atoms with Crippen LogP contribution in [0.2, 0.25) is 0 Å². The molecule has 8 heteroatoms. The maximum atomic E-state index is 10.6. The molecule has 7 N–H and O–H groups in total. The number of rotatable bonds is 6. The maximum absolute atomic E-state index is 10.6. The lowest BCUT2D eigenvalue weighted by molar-refractivity contribution is -0.0975. The number of carbonyl (C=O) groups is 1. The standard InChI is InChI=1S/C8H18N2O6/c1-10(8(9)16)6(14)2-4(12)7(15)5(13)3-11/h4-7,11-15H,2-3H2,1H3,(H2,9,16). The van der Waals surface area contributed by atoms with Gasteiger partial charge in [0.2, 0.25) is 0 Å². The van der Waals surface area contributed by atoms with Crippen molar-refractivity contribution in [3.8, 4) is 0 Å². The van der Waals surface area contributed by atoms with Gasteiger partial charge in [-0.05, 0) is 0 Å². The zero-order chi connectivity index (χ0) is 12.9. The van der Waals surface area contributed by atoms with E-state index in [0.29, 0.717) is 0 Å². The molecule has 0 rings (SSSR count). The largest absolute Gasteiger partial charge is 0.394 e. The summed E-state index contributed by atoms with van der Waals surface area (Å²) in [7, 11) is 1.22. The van der Waals surface area contributed by atoms with Crippen molar-refractivity contribution in [2.45, 2.75) is 31.0 Å². The summed E-state index contributed by atoms with van der Waals surface area (Å²) in [5.74, 6) is 0. The first-order chi connectivity index (χ1) is 7.31. The molecule has 0 spiro atoms. The Bertz CT molecular complexity index is 227. The van der Waals surface area contributed by atoms with E-state index < -0.39 is 43.6 Å². The van der Waals surface area contributed by atoms with Gasteiger partial charge in [-0.1, -0.05) is 0 Å². The van der Waals surface area contributed by atoms with E-state index in [0.717, 1.165) is 4.90 Å². The van der Waals surface area contributed by atoms with Crippen LogP contribution < -0.4 is 5.73 Å². The number of nitrogens with two attached hydrogens (primary N) is 1. The molecule has 0 aliphatic carbocycles. The number of amides is 2. The van der Waals surface area contributed by atoms with Crippen molar-refractivity contribution in [1.82, 2.24) is 4.90 Å². The van der Waals surface area contributed by atoms with Gasteiger partial charge in [0.05, 0.1) is 12.7 Å². The fraction of sp³-hybridized carbons (Fsp3) is 0.875. The molecule has 0 fully saturated rings. The molecular weight excluding hydrogens is 220 g/mol. The van der Waals surface area contributed by atoms with Crippen LogP contribution >= 0.6 is 0 Å². The summed E-state index contributed by atoms with van der Waals surface area (Å²) in [6, 6.07) is -0.892. The van der Waals surface area contributed by atoms with E-state index in [2.05, 4.69) is 0 Å². The lowest BCUT2D eigenvalue weighted by atomic mass is 10.0. The van der Waals surface area contributed by atoms with Gasteiger partial charge in [-0.2, -0.15) is 0 Å². The molecular formula is C8H18N2O6. The Labute approximate surface area is 92.5 Å². The van der Waals surface area contributed by atoms with Crippen molar-refractivity contribution < 1.29 is 30.3 Å². The molecule has 16 heavy (non-hydrogen) atoms. The zero-order valence-electron chi connectivity index (χ0n) is 8.89. The molecule has 0 aliphatic heterocycles. The first-order valence-corrected chi connectivity index (χ1v) is 4.66. The summed E-state index contributed by atoms with van der Waals surface area (Å²) in [5.41, 5.74) is 4.87. The molecule has 4 atom stereocenters. The molecule has 2 amide bonds. The highest BCUT2D eigenvalue weighted by molar-refractivity contribution is 5.71. The average Bonchev–Trinajstić information content (AvgIpc) is 2.25. The lowest BCUT2D eigenvalue weighted by Gasteiger charge is -2.27. The Balaban J connectivity index is 4.22. The molecule has 0 aliphatic rings. The van der Waals surface area contributed by atoms with Gasteiger partial charge >= 0.3 is 6.03 Å². The van der Waals surface area contributed by atoms with E-state index in [1.807, 2.05) is 0 Å². The smallest absolute Gasteiger partial charge is 0.316 e. The normalized spacial score (nSPS) is 18.6. The van der Waals surface area contributed by atoms with Crippen LogP contribution in [0.5, 0.6) is 0 Å². The van der Waals surface area contributed by atoms with Crippen LogP contribution in [0.1, 0.15) is 6.42 Å². The Morgan fingerprint density at radius 3 is 2.12 bits per heavy atom. The van der Waals surface area contributed by atoms with Crippen molar-refractivity contribution in [2.75, 3.05) is 13.7 Å². The second-order valence-corrected chi connectivity index (χ2v) is 3.47. The van der Waals surface area contributed by atoms with Gasteiger partial charge in [0.15, 0.2) is 0 Å². The molecule has 0 aromatic rings. The number of hydrogen-bond acceptors (Lipinski definition) is 6. The van der Waals surface area contributed by atoms with Gasteiger partial charge < -0.3 is 36.2 Å². The Kier molecular flexibility index (Phi) is 6.22. The number of carbonyl (C=O) groups excluding carboxylic acids is 1. The van der Waals surface area contributed by atoms with Gasteiger partial charge in [-0.25, -0.2) is 4.79 Å². The van der Waals surface area contributed by atoms with Gasteiger partial charge in [0.25, 0.3) is 0 Å². The first-order valence-electron chi connectivity index (χ1n) is 4.66.